The van der Waals surface area contributed by atoms with E-state index in [1.54, 1.807) is 4.57 Å². The summed E-state index contributed by atoms with van der Waals surface area (Å²) in [6.45, 7) is 4.90. The van der Waals surface area contributed by atoms with Crippen LogP contribution < -0.4 is 5.56 Å². The highest BCUT2D eigenvalue weighted by atomic mass is 79.9. The van der Waals surface area contributed by atoms with Crippen LogP contribution in [0.1, 0.15) is 102 Å². The molecule has 1 heterocycles. The van der Waals surface area contributed by atoms with E-state index in [4.69, 9.17) is 4.98 Å². The van der Waals surface area contributed by atoms with Crippen LogP contribution in [0.4, 0.5) is 0 Å². The summed E-state index contributed by atoms with van der Waals surface area (Å²) in [5, 5.41) is 0.570. The summed E-state index contributed by atoms with van der Waals surface area (Å²) in [6.07, 6.45) is 12.8. The van der Waals surface area contributed by atoms with Crippen LogP contribution in [0.15, 0.2) is 88.1 Å². The number of carbonyl (C=O) groups excluding carboxylic acids is 1. The zero-order valence-corrected chi connectivity index (χ0v) is 27.4. The Labute approximate surface area is 265 Å². The molecule has 0 bridgehead atoms. The van der Waals surface area contributed by atoms with Gasteiger partial charge in [-0.1, -0.05) is 124 Å². The van der Waals surface area contributed by atoms with E-state index < -0.39 is 0 Å². The summed E-state index contributed by atoms with van der Waals surface area (Å²) in [7, 11) is 0. The Morgan fingerprint density at radius 3 is 2.12 bits per heavy atom. The van der Waals surface area contributed by atoms with Gasteiger partial charge in [-0.15, -0.1) is 0 Å². The van der Waals surface area contributed by atoms with E-state index in [9.17, 15) is 9.59 Å². The van der Waals surface area contributed by atoms with Crippen LogP contribution >= 0.6 is 15.9 Å². The molecular formula is C37H46BrN3O2. The van der Waals surface area contributed by atoms with E-state index in [0.717, 1.165) is 29.4 Å². The maximum absolute atomic E-state index is 14.0. The SMILES string of the molecule is CCCCCCCCCCCC(=O)N(CCc1ccccc1)C(CC)c1nc2ccccc2c(=O)n1-c1ccc(Br)cc1. The zero-order chi connectivity index (χ0) is 30.4. The van der Waals surface area contributed by atoms with E-state index in [-0.39, 0.29) is 17.5 Å². The molecule has 228 valence electrons. The van der Waals surface area contributed by atoms with E-state index in [1.807, 2.05) is 71.6 Å². The van der Waals surface area contributed by atoms with E-state index >= 15 is 0 Å². The Bertz CT molecular complexity index is 1480. The third-order valence-electron chi connectivity index (χ3n) is 8.25. The van der Waals surface area contributed by atoms with Gasteiger partial charge in [0.05, 0.1) is 22.6 Å². The second-order valence-corrected chi connectivity index (χ2v) is 12.3. The van der Waals surface area contributed by atoms with Gasteiger partial charge in [-0.05, 0) is 61.2 Å². The monoisotopic (exact) mass is 643 g/mol. The Balaban J connectivity index is 1.61. The fraction of sp³-hybridized carbons (Fsp3) is 0.432. The van der Waals surface area contributed by atoms with Crippen LogP contribution in [0.5, 0.6) is 0 Å². The highest BCUT2D eigenvalue weighted by Gasteiger charge is 2.28. The van der Waals surface area contributed by atoms with E-state index in [1.165, 1.54) is 50.5 Å². The lowest BCUT2D eigenvalue weighted by Gasteiger charge is -2.32. The maximum atomic E-state index is 14.0. The van der Waals surface area contributed by atoms with E-state index in [0.29, 0.717) is 36.1 Å². The predicted molar refractivity (Wildman–Crippen MR) is 182 cm³/mol. The number of hydrogen-bond donors (Lipinski definition) is 0. The van der Waals surface area contributed by atoms with Gasteiger partial charge in [-0.2, -0.15) is 0 Å². The molecule has 0 aliphatic carbocycles. The van der Waals surface area contributed by atoms with Gasteiger partial charge in [-0.3, -0.25) is 14.2 Å². The highest BCUT2D eigenvalue weighted by Crippen LogP contribution is 2.28. The molecule has 5 nitrogen and oxygen atoms in total. The number of nitrogens with zero attached hydrogens (tertiary/aromatic N) is 3. The molecule has 6 heteroatoms. The van der Waals surface area contributed by atoms with Crippen LogP contribution in [-0.4, -0.2) is 26.9 Å². The summed E-state index contributed by atoms with van der Waals surface area (Å²) in [4.78, 5) is 35.0. The van der Waals surface area contributed by atoms with Crippen LogP contribution in [-0.2, 0) is 11.2 Å². The smallest absolute Gasteiger partial charge is 0.266 e. The van der Waals surface area contributed by atoms with Crippen molar-refractivity contribution in [3.63, 3.8) is 0 Å². The quantitative estimate of drug-likeness (QED) is 0.108. The number of hydrogen-bond acceptors (Lipinski definition) is 3. The summed E-state index contributed by atoms with van der Waals surface area (Å²) >= 11 is 3.52. The lowest BCUT2D eigenvalue weighted by Crippen LogP contribution is -2.39. The molecule has 0 N–H and O–H groups in total. The average molecular weight is 645 g/mol. The molecule has 1 atom stereocenters. The van der Waals surface area contributed by atoms with Gasteiger partial charge in [0.1, 0.15) is 5.82 Å². The molecule has 43 heavy (non-hydrogen) atoms. The molecule has 4 aromatic rings. The Kier molecular flexibility index (Phi) is 13.0. The molecule has 3 aromatic carbocycles. The number of rotatable bonds is 17. The first-order valence-electron chi connectivity index (χ1n) is 16.1. The molecule has 1 unspecified atom stereocenters. The van der Waals surface area contributed by atoms with Crippen molar-refractivity contribution in [3.05, 3.63) is 105 Å². The zero-order valence-electron chi connectivity index (χ0n) is 25.8. The third-order valence-corrected chi connectivity index (χ3v) is 8.77. The summed E-state index contributed by atoms with van der Waals surface area (Å²) in [5.41, 5.74) is 2.48. The largest absolute Gasteiger partial charge is 0.332 e. The molecule has 0 spiro atoms. The van der Waals surface area contributed by atoms with E-state index in [2.05, 4.69) is 41.9 Å². The highest BCUT2D eigenvalue weighted by molar-refractivity contribution is 9.10. The maximum Gasteiger partial charge on any atom is 0.266 e. The minimum atomic E-state index is -0.337. The van der Waals surface area contributed by atoms with Crippen molar-refractivity contribution < 1.29 is 4.79 Å². The molecule has 0 saturated heterocycles. The molecule has 0 aliphatic heterocycles. The number of aromatic nitrogens is 2. The molecular weight excluding hydrogens is 598 g/mol. The van der Waals surface area contributed by atoms with Crippen LogP contribution in [0.25, 0.3) is 16.6 Å². The second-order valence-electron chi connectivity index (χ2n) is 11.4. The third kappa shape index (κ3) is 9.12. The molecule has 1 amide bonds. The van der Waals surface area contributed by atoms with Crippen LogP contribution in [0.2, 0.25) is 0 Å². The second kappa shape index (κ2) is 17.1. The van der Waals surface area contributed by atoms with Crippen molar-refractivity contribution in [1.82, 2.24) is 14.5 Å². The minimum absolute atomic E-state index is 0.115. The first-order valence-corrected chi connectivity index (χ1v) is 16.9. The van der Waals surface area contributed by atoms with Crippen molar-refractivity contribution in [2.45, 2.75) is 96.9 Å². The Morgan fingerprint density at radius 2 is 1.44 bits per heavy atom. The standard InChI is InChI=1S/C37H46BrN3O2/c1-3-5-6-7-8-9-10-11-15-22-35(42)40(28-27-29-18-13-12-14-19-29)34(4-2)36-39-33-21-17-16-20-32(33)37(43)41(36)31-25-23-30(38)24-26-31/h12-14,16-21,23-26,34H,3-11,15,22,27-28H2,1-2H3. The number of para-hydroxylation sites is 1. The van der Waals surface area contributed by atoms with Crippen molar-refractivity contribution in [3.8, 4) is 5.69 Å². The number of halogens is 1. The minimum Gasteiger partial charge on any atom is -0.332 e. The number of benzene rings is 3. The van der Waals surface area contributed by atoms with Gasteiger partial charge in [0.25, 0.3) is 5.56 Å². The lowest BCUT2D eigenvalue weighted by atomic mass is 10.0. The fourth-order valence-electron chi connectivity index (χ4n) is 5.83. The molecule has 0 radical (unpaired) electrons. The predicted octanol–water partition coefficient (Wildman–Crippen LogP) is 9.59. The van der Waals surface area contributed by atoms with Gasteiger partial charge in [-0.25, -0.2) is 4.98 Å². The number of carbonyl (C=O) groups is 1. The molecule has 4 rings (SSSR count). The molecule has 0 fully saturated rings. The van der Waals surface area contributed by atoms with Crippen molar-refractivity contribution in [2.24, 2.45) is 0 Å². The van der Waals surface area contributed by atoms with Crippen molar-refractivity contribution in [2.75, 3.05) is 6.54 Å². The number of fused-ring (bicyclic) bond motifs is 1. The Morgan fingerprint density at radius 1 is 0.814 bits per heavy atom. The molecule has 0 aliphatic rings. The van der Waals surface area contributed by atoms with Gasteiger partial charge >= 0.3 is 0 Å². The summed E-state index contributed by atoms with van der Waals surface area (Å²) < 4.78 is 2.65. The fourth-order valence-corrected chi connectivity index (χ4v) is 6.10. The Hall–Kier alpha value is -3.25. The van der Waals surface area contributed by atoms with Gasteiger partial charge in [0.2, 0.25) is 5.91 Å². The van der Waals surface area contributed by atoms with Crippen molar-refractivity contribution >= 4 is 32.7 Å². The number of unbranched alkanes of at least 4 members (excludes halogenated alkanes) is 8. The molecule has 0 saturated carbocycles. The first-order chi connectivity index (χ1) is 21.0. The topological polar surface area (TPSA) is 55.2 Å². The first kappa shape index (κ1) is 32.7. The lowest BCUT2D eigenvalue weighted by molar-refractivity contribution is -0.134. The number of amides is 1. The van der Waals surface area contributed by atoms with Crippen LogP contribution in [0, 0.1) is 0 Å². The van der Waals surface area contributed by atoms with Crippen LogP contribution in [0.3, 0.4) is 0 Å². The normalized spacial score (nSPS) is 12.0. The molecule has 1 aromatic heterocycles. The van der Waals surface area contributed by atoms with Crippen molar-refractivity contribution in [1.29, 1.82) is 0 Å². The summed E-state index contributed by atoms with van der Waals surface area (Å²) in [6, 6.07) is 25.2. The van der Waals surface area contributed by atoms with Gasteiger partial charge in [0, 0.05) is 17.4 Å². The van der Waals surface area contributed by atoms with Gasteiger partial charge in [0.15, 0.2) is 0 Å². The average Bonchev–Trinajstić information content (AvgIpc) is 3.03. The summed E-state index contributed by atoms with van der Waals surface area (Å²) in [5.74, 6) is 0.748. The van der Waals surface area contributed by atoms with Gasteiger partial charge < -0.3 is 4.90 Å².